The highest BCUT2D eigenvalue weighted by Crippen LogP contribution is 2.46. The molecule has 4 rings (SSSR count). The lowest BCUT2D eigenvalue weighted by Crippen LogP contribution is -2.31. The number of carbonyl (C=O) groups excluding carboxylic acids is 2. The molecule has 0 aliphatic carbocycles. The first kappa shape index (κ1) is 23.5. The molecule has 0 atom stereocenters. The summed E-state index contributed by atoms with van der Waals surface area (Å²) in [6.45, 7) is 5.47. The van der Waals surface area contributed by atoms with Gasteiger partial charge in [0.05, 0.1) is 22.5 Å². The molecular weight excluding hydrogens is 626 g/mol. The van der Waals surface area contributed by atoms with Crippen LogP contribution in [0.3, 0.4) is 0 Å². The lowest BCUT2D eigenvalue weighted by molar-refractivity contribution is -0.124. The molecule has 32 heavy (non-hydrogen) atoms. The summed E-state index contributed by atoms with van der Waals surface area (Å²) in [6, 6.07) is 16.2. The summed E-state index contributed by atoms with van der Waals surface area (Å²) in [6.07, 6.45) is 3.76. The second-order valence-corrected chi connectivity index (χ2v) is 10.6. The van der Waals surface area contributed by atoms with Gasteiger partial charge in [-0.3, -0.25) is 9.59 Å². The number of carbonyl (C=O) groups is 2. The first-order valence-electron chi connectivity index (χ1n) is 11.1. The number of nitrogens with zero attached hydrogens (tertiary/aromatic N) is 2. The Morgan fingerprint density at radius 3 is 1.28 bits per heavy atom. The van der Waals surface area contributed by atoms with E-state index in [-0.39, 0.29) is 11.8 Å². The maximum Gasteiger partial charge on any atom is 0.261 e. The Balaban J connectivity index is 1.95. The number of hydrogen-bond acceptors (Lipinski definition) is 2. The normalized spacial score (nSPS) is 16.0. The molecule has 6 heteroatoms. The van der Waals surface area contributed by atoms with E-state index in [0.717, 1.165) is 55.3 Å². The molecular formula is C26H26I2N2O2. The quantitative estimate of drug-likeness (QED) is 0.314. The predicted molar refractivity (Wildman–Crippen MR) is 145 cm³/mol. The highest BCUT2D eigenvalue weighted by molar-refractivity contribution is 14.1. The Labute approximate surface area is 217 Å². The third-order valence-corrected chi connectivity index (χ3v) is 7.33. The summed E-state index contributed by atoms with van der Waals surface area (Å²) in [5.74, 6) is -0.106. The van der Waals surface area contributed by atoms with Crippen LogP contribution >= 0.6 is 45.2 Å². The minimum absolute atomic E-state index is 0.0529. The van der Waals surface area contributed by atoms with Crippen molar-refractivity contribution in [2.24, 2.45) is 0 Å². The van der Waals surface area contributed by atoms with Crippen LogP contribution in [0.15, 0.2) is 59.7 Å². The van der Waals surface area contributed by atoms with Gasteiger partial charge < -0.3 is 9.80 Å². The Bertz CT molecular complexity index is 1010. The van der Waals surface area contributed by atoms with Crippen molar-refractivity contribution < 1.29 is 9.59 Å². The fourth-order valence-corrected chi connectivity index (χ4v) is 4.99. The van der Waals surface area contributed by atoms with Crippen LogP contribution in [0.25, 0.3) is 11.4 Å². The maximum atomic E-state index is 13.8. The van der Waals surface area contributed by atoms with Gasteiger partial charge in [-0.15, -0.1) is 0 Å². The number of amides is 2. The molecule has 2 aliphatic heterocycles. The highest BCUT2D eigenvalue weighted by Gasteiger charge is 2.48. The minimum Gasteiger partial charge on any atom is -0.307 e. The third kappa shape index (κ3) is 4.27. The Morgan fingerprint density at radius 1 is 0.625 bits per heavy atom. The maximum absolute atomic E-state index is 13.8. The van der Waals surface area contributed by atoms with Crippen molar-refractivity contribution in [3.8, 4) is 0 Å². The van der Waals surface area contributed by atoms with Gasteiger partial charge in [0, 0.05) is 20.2 Å². The van der Waals surface area contributed by atoms with E-state index in [9.17, 15) is 9.59 Å². The van der Waals surface area contributed by atoms with E-state index >= 15 is 0 Å². The summed E-state index contributed by atoms with van der Waals surface area (Å²) >= 11 is 4.55. The van der Waals surface area contributed by atoms with E-state index in [4.69, 9.17) is 0 Å². The molecule has 0 radical (unpaired) electrons. The highest BCUT2D eigenvalue weighted by atomic mass is 127. The average molecular weight is 652 g/mol. The molecule has 2 amide bonds. The van der Waals surface area contributed by atoms with Crippen LogP contribution in [-0.2, 0) is 9.59 Å². The molecule has 0 N–H and O–H groups in total. The molecule has 0 aromatic heterocycles. The van der Waals surface area contributed by atoms with Crippen molar-refractivity contribution in [2.45, 2.75) is 39.5 Å². The van der Waals surface area contributed by atoms with Gasteiger partial charge in [0.15, 0.2) is 0 Å². The number of unbranched alkanes of at least 4 members (excludes halogenated alkanes) is 2. The molecule has 0 saturated heterocycles. The van der Waals surface area contributed by atoms with Gasteiger partial charge in [-0.2, -0.15) is 0 Å². The summed E-state index contributed by atoms with van der Waals surface area (Å²) in [7, 11) is 0. The van der Waals surface area contributed by atoms with E-state index < -0.39 is 0 Å². The molecule has 2 aromatic carbocycles. The van der Waals surface area contributed by atoms with Gasteiger partial charge in [0.25, 0.3) is 11.8 Å². The van der Waals surface area contributed by atoms with Gasteiger partial charge in [0.2, 0.25) is 0 Å². The zero-order chi connectivity index (χ0) is 22.8. The number of rotatable bonds is 8. The van der Waals surface area contributed by atoms with Crippen LogP contribution in [-0.4, -0.2) is 34.7 Å². The van der Waals surface area contributed by atoms with E-state index in [1.54, 1.807) is 0 Å². The lowest BCUT2D eigenvalue weighted by Gasteiger charge is -2.25. The number of benzene rings is 2. The lowest BCUT2D eigenvalue weighted by atomic mass is 10.0. The van der Waals surface area contributed by atoms with Gasteiger partial charge in [-0.05, 0) is 93.4 Å². The average Bonchev–Trinajstić information content (AvgIpc) is 3.23. The van der Waals surface area contributed by atoms with Gasteiger partial charge in [-0.1, -0.05) is 51.0 Å². The van der Waals surface area contributed by atoms with E-state index in [1.807, 2.05) is 58.3 Å². The topological polar surface area (TPSA) is 40.6 Å². The van der Waals surface area contributed by atoms with Crippen LogP contribution in [0.5, 0.6) is 0 Å². The van der Waals surface area contributed by atoms with Crippen LogP contribution in [0, 0.1) is 7.14 Å². The van der Waals surface area contributed by atoms with Crippen molar-refractivity contribution in [3.63, 3.8) is 0 Å². The van der Waals surface area contributed by atoms with Crippen molar-refractivity contribution in [2.75, 3.05) is 13.1 Å². The minimum atomic E-state index is -0.0529. The van der Waals surface area contributed by atoms with Gasteiger partial charge in [-0.25, -0.2) is 0 Å². The van der Waals surface area contributed by atoms with Crippen LogP contribution in [0.4, 0.5) is 0 Å². The van der Waals surface area contributed by atoms with E-state index in [2.05, 4.69) is 59.0 Å². The van der Waals surface area contributed by atoms with Crippen LogP contribution < -0.4 is 0 Å². The van der Waals surface area contributed by atoms with Crippen LogP contribution in [0.2, 0.25) is 0 Å². The second kappa shape index (κ2) is 10.1. The molecule has 166 valence electrons. The summed E-state index contributed by atoms with van der Waals surface area (Å²) in [5, 5.41) is 0. The first-order chi connectivity index (χ1) is 15.5. The molecule has 2 aliphatic rings. The zero-order valence-electron chi connectivity index (χ0n) is 18.3. The van der Waals surface area contributed by atoms with Crippen molar-refractivity contribution in [1.29, 1.82) is 0 Å². The monoisotopic (exact) mass is 652 g/mol. The summed E-state index contributed by atoms with van der Waals surface area (Å²) in [5.41, 5.74) is 4.51. The Hall–Kier alpha value is -1.68. The molecule has 0 fully saturated rings. The first-order valence-corrected chi connectivity index (χ1v) is 13.3. The van der Waals surface area contributed by atoms with Crippen molar-refractivity contribution in [1.82, 2.24) is 9.80 Å². The Morgan fingerprint density at radius 2 is 0.969 bits per heavy atom. The predicted octanol–water partition coefficient (Wildman–Crippen LogP) is 6.30. The molecule has 0 spiro atoms. The third-order valence-electron chi connectivity index (χ3n) is 5.89. The van der Waals surface area contributed by atoms with E-state index in [0.29, 0.717) is 24.2 Å². The Kier molecular flexibility index (Phi) is 7.39. The van der Waals surface area contributed by atoms with Crippen molar-refractivity contribution >= 4 is 68.4 Å². The number of hydrogen-bond donors (Lipinski definition) is 0. The standard InChI is InChI=1S/C26H26I2N2O2/c1-3-5-15-29-23(17-7-11-19(27)12-8-17)21-22(25(29)31)24(18-9-13-20(28)14-10-18)30(26(21)32)16-6-4-2/h7-14H,3-6,15-16H2,1-2H3. The number of halogens is 2. The van der Waals surface area contributed by atoms with Crippen LogP contribution in [0.1, 0.15) is 50.7 Å². The molecule has 2 aromatic rings. The van der Waals surface area contributed by atoms with E-state index in [1.165, 1.54) is 0 Å². The molecule has 2 heterocycles. The van der Waals surface area contributed by atoms with Crippen molar-refractivity contribution in [3.05, 3.63) is 77.9 Å². The fourth-order valence-electron chi connectivity index (χ4n) is 4.27. The summed E-state index contributed by atoms with van der Waals surface area (Å²) in [4.78, 5) is 31.3. The second-order valence-electron chi connectivity index (χ2n) is 8.08. The molecule has 0 unspecified atom stereocenters. The molecule has 0 saturated carbocycles. The smallest absolute Gasteiger partial charge is 0.261 e. The van der Waals surface area contributed by atoms with Gasteiger partial charge in [0.1, 0.15) is 0 Å². The SMILES string of the molecule is CCCCN1C(=O)C2=C(c3ccc(I)cc3)N(CCCC)C(=O)C2=C1c1ccc(I)cc1. The fraction of sp³-hybridized carbons (Fsp3) is 0.308. The summed E-state index contributed by atoms with van der Waals surface area (Å²) < 4.78 is 2.25. The molecule has 0 bridgehead atoms. The van der Waals surface area contributed by atoms with Gasteiger partial charge >= 0.3 is 0 Å². The largest absolute Gasteiger partial charge is 0.307 e. The molecule has 4 nitrogen and oxygen atoms in total. The number of fused-ring (bicyclic) bond motifs is 1. The zero-order valence-corrected chi connectivity index (χ0v) is 22.6.